The van der Waals surface area contributed by atoms with Crippen LogP contribution >= 0.6 is 7.60 Å². The zero-order valence-electron chi connectivity index (χ0n) is 13.0. The summed E-state index contributed by atoms with van der Waals surface area (Å²) in [7, 11) is -0.709. The number of hydrogen-bond donors (Lipinski definition) is 2. The second-order valence-electron chi connectivity index (χ2n) is 4.67. The van der Waals surface area contributed by atoms with E-state index in [0.717, 1.165) is 0 Å². The van der Waals surface area contributed by atoms with Gasteiger partial charge in [0.15, 0.2) is 0 Å². The van der Waals surface area contributed by atoms with Crippen LogP contribution in [0.5, 0.6) is 0 Å². The molecule has 0 aliphatic carbocycles. The van der Waals surface area contributed by atoms with Crippen LogP contribution in [0.1, 0.15) is 5.56 Å². The summed E-state index contributed by atoms with van der Waals surface area (Å²) < 4.78 is 22.6. The Bertz CT molecular complexity index is 698. The standard InChI is InChI=1S/C16H19N2O4P/c1-21-23(20,22-2)15-11-7-6-8-13(15)12-17-16(19)18-14-9-4-3-5-10-14/h3-11H,12H2,1-2H3,(H2,17,18,19). The van der Waals surface area contributed by atoms with E-state index < -0.39 is 7.60 Å². The third kappa shape index (κ3) is 4.42. The first kappa shape index (κ1) is 17.2. The third-order valence-electron chi connectivity index (χ3n) is 3.24. The highest BCUT2D eigenvalue weighted by Crippen LogP contribution is 2.45. The number of para-hydroxylation sites is 1. The second-order valence-corrected chi connectivity index (χ2v) is 6.87. The molecule has 0 heterocycles. The van der Waals surface area contributed by atoms with Crippen molar-refractivity contribution < 1.29 is 18.4 Å². The molecule has 2 N–H and O–H groups in total. The number of hydrogen-bond acceptors (Lipinski definition) is 4. The Kier molecular flexibility index (Phi) is 5.93. The Labute approximate surface area is 135 Å². The Balaban J connectivity index is 2.06. The molecule has 6 nitrogen and oxygen atoms in total. The predicted octanol–water partition coefficient (Wildman–Crippen LogP) is 3.12. The first-order chi connectivity index (χ1) is 11.1. The van der Waals surface area contributed by atoms with E-state index in [1.54, 1.807) is 36.4 Å². The second kappa shape index (κ2) is 7.92. The highest BCUT2D eigenvalue weighted by Gasteiger charge is 2.27. The number of carbonyl (C=O) groups excluding carboxylic acids is 1. The van der Waals surface area contributed by atoms with Crippen LogP contribution in [0.2, 0.25) is 0 Å². The molecule has 2 amide bonds. The summed E-state index contributed by atoms with van der Waals surface area (Å²) in [5.41, 5.74) is 1.36. The molecule has 7 heteroatoms. The van der Waals surface area contributed by atoms with Gasteiger partial charge < -0.3 is 19.7 Å². The quantitative estimate of drug-likeness (QED) is 0.796. The Morgan fingerprint density at radius 1 is 1.00 bits per heavy atom. The van der Waals surface area contributed by atoms with Crippen LogP contribution < -0.4 is 15.9 Å². The van der Waals surface area contributed by atoms with Crippen molar-refractivity contribution in [2.75, 3.05) is 19.5 Å². The van der Waals surface area contributed by atoms with Gasteiger partial charge in [0.2, 0.25) is 0 Å². The van der Waals surface area contributed by atoms with Crippen molar-refractivity contribution >= 4 is 24.6 Å². The molecule has 0 aliphatic heterocycles. The van der Waals surface area contributed by atoms with Crippen molar-refractivity contribution in [1.82, 2.24) is 5.32 Å². The minimum atomic E-state index is -3.37. The van der Waals surface area contributed by atoms with Crippen LogP contribution in [0.3, 0.4) is 0 Å². The molecule has 2 rings (SSSR count). The summed E-state index contributed by atoms with van der Waals surface area (Å²) in [5, 5.41) is 5.88. The molecular weight excluding hydrogens is 315 g/mol. The van der Waals surface area contributed by atoms with Gasteiger partial charge in [-0.2, -0.15) is 0 Å². The maximum Gasteiger partial charge on any atom is 0.361 e. The van der Waals surface area contributed by atoms with Crippen molar-refractivity contribution in [2.24, 2.45) is 0 Å². The van der Waals surface area contributed by atoms with Gasteiger partial charge in [0.1, 0.15) is 0 Å². The lowest BCUT2D eigenvalue weighted by atomic mass is 10.2. The Morgan fingerprint density at radius 3 is 2.26 bits per heavy atom. The first-order valence-electron chi connectivity index (χ1n) is 6.99. The molecule has 2 aromatic carbocycles. The van der Waals surface area contributed by atoms with E-state index >= 15 is 0 Å². The lowest BCUT2D eigenvalue weighted by molar-refractivity contribution is 0.251. The molecular formula is C16H19N2O4P. The Hall–Kier alpha value is -2.14. The molecule has 0 fully saturated rings. The van der Waals surface area contributed by atoms with Gasteiger partial charge in [-0.1, -0.05) is 36.4 Å². The minimum Gasteiger partial charge on any atom is -0.334 e. The molecule has 0 radical (unpaired) electrons. The largest absolute Gasteiger partial charge is 0.361 e. The zero-order valence-corrected chi connectivity index (χ0v) is 13.9. The lowest BCUT2D eigenvalue weighted by Crippen LogP contribution is -2.30. The van der Waals surface area contributed by atoms with Crippen molar-refractivity contribution in [1.29, 1.82) is 0 Å². The van der Waals surface area contributed by atoms with Gasteiger partial charge in [-0.25, -0.2) is 4.79 Å². The summed E-state index contributed by atoms with van der Waals surface area (Å²) in [5.74, 6) is 0. The molecule has 0 atom stereocenters. The van der Waals surface area contributed by atoms with E-state index in [9.17, 15) is 9.36 Å². The number of rotatable bonds is 6. The molecule has 122 valence electrons. The van der Waals surface area contributed by atoms with E-state index in [-0.39, 0.29) is 12.6 Å². The van der Waals surface area contributed by atoms with Crippen molar-refractivity contribution in [2.45, 2.75) is 6.54 Å². The number of amides is 2. The van der Waals surface area contributed by atoms with Crippen molar-refractivity contribution in [3.05, 3.63) is 60.2 Å². The number of urea groups is 1. The van der Waals surface area contributed by atoms with Crippen LogP contribution in [0.4, 0.5) is 10.5 Å². The highest BCUT2D eigenvalue weighted by atomic mass is 31.2. The average Bonchev–Trinajstić information content (AvgIpc) is 2.60. The van der Waals surface area contributed by atoms with Crippen LogP contribution in [-0.4, -0.2) is 20.3 Å². The van der Waals surface area contributed by atoms with E-state index in [2.05, 4.69) is 10.6 Å². The normalized spacial score (nSPS) is 11.0. The van der Waals surface area contributed by atoms with Crippen LogP contribution in [-0.2, 0) is 20.2 Å². The third-order valence-corrected chi connectivity index (χ3v) is 5.23. The topological polar surface area (TPSA) is 76.7 Å². The summed E-state index contributed by atoms with van der Waals surface area (Å²) in [4.78, 5) is 11.9. The minimum absolute atomic E-state index is 0.200. The van der Waals surface area contributed by atoms with E-state index in [1.165, 1.54) is 14.2 Å². The maximum absolute atomic E-state index is 12.5. The Morgan fingerprint density at radius 2 is 1.61 bits per heavy atom. The fourth-order valence-electron chi connectivity index (χ4n) is 2.07. The first-order valence-corrected chi connectivity index (χ1v) is 8.53. The molecule has 0 saturated heterocycles. The molecule has 0 saturated carbocycles. The predicted molar refractivity (Wildman–Crippen MR) is 90.0 cm³/mol. The van der Waals surface area contributed by atoms with Gasteiger partial charge in [0.25, 0.3) is 0 Å². The molecule has 2 aromatic rings. The molecule has 0 bridgehead atoms. The summed E-state index contributed by atoms with van der Waals surface area (Å²) in [6.07, 6.45) is 0. The van der Waals surface area contributed by atoms with Gasteiger partial charge in [-0.15, -0.1) is 0 Å². The molecule has 23 heavy (non-hydrogen) atoms. The SMILES string of the molecule is COP(=O)(OC)c1ccccc1CNC(=O)Nc1ccccc1. The van der Waals surface area contributed by atoms with E-state index in [0.29, 0.717) is 16.6 Å². The van der Waals surface area contributed by atoms with Crippen LogP contribution in [0, 0.1) is 0 Å². The van der Waals surface area contributed by atoms with Gasteiger partial charge >= 0.3 is 13.6 Å². The average molecular weight is 334 g/mol. The summed E-state index contributed by atoms with van der Waals surface area (Å²) in [6.45, 7) is 0.200. The number of carbonyl (C=O) groups is 1. The van der Waals surface area contributed by atoms with Crippen LogP contribution in [0.15, 0.2) is 54.6 Å². The number of anilines is 1. The van der Waals surface area contributed by atoms with Gasteiger partial charge in [-0.3, -0.25) is 4.57 Å². The van der Waals surface area contributed by atoms with E-state index in [4.69, 9.17) is 9.05 Å². The van der Waals surface area contributed by atoms with Crippen molar-refractivity contribution in [3.8, 4) is 0 Å². The summed E-state index contributed by atoms with van der Waals surface area (Å²) in [6, 6.07) is 15.7. The highest BCUT2D eigenvalue weighted by molar-refractivity contribution is 7.62. The van der Waals surface area contributed by atoms with E-state index in [1.807, 2.05) is 18.2 Å². The fourth-order valence-corrected chi connectivity index (χ4v) is 3.39. The van der Waals surface area contributed by atoms with Crippen molar-refractivity contribution in [3.63, 3.8) is 0 Å². The fraction of sp³-hybridized carbons (Fsp3) is 0.188. The molecule has 0 unspecified atom stereocenters. The smallest absolute Gasteiger partial charge is 0.334 e. The maximum atomic E-state index is 12.5. The molecule has 0 aromatic heterocycles. The zero-order chi connectivity index (χ0) is 16.7. The van der Waals surface area contributed by atoms with Gasteiger partial charge in [0, 0.05) is 26.5 Å². The molecule has 0 aliphatic rings. The number of nitrogens with one attached hydrogen (secondary N) is 2. The van der Waals surface area contributed by atoms with Crippen LogP contribution in [0.25, 0.3) is 0 Å². The molecule has 0 spiro atoms. The monoisotopic (exact) mass is 334 g/mol. The number of benzene rings is 2. The summed E-state index contributed by atoms with van der Waals surface area (Å²) >= 11 is 0. The van der Waals surface area contributed by atoms with Gasteiger partial charge in [0.05, 0.1) is 5.30 Å². The lowest BCUT2D eigenvalue weighted by Gasteiger charge is -2.17. The van der Waals surface area contributed by atoms with Gasteiger partial charge in [-0.05, 0) is 23.8 Å².